The maximum atomic E-state index is 12.8. The number of esters is 3. The highest BCUT2D eigenvalue weighted by Crippen LogP contribution is 2.16. The van der Waals surface area contributed by atoms with Gasteiger partial charge in [-0.15, -0.1) is 0 Å². The molecule has 1 atom stereocenters. The van der Waals surface area contributed by atoms with Crippen molar-refractivity contribution in [1.29, 1.82) is 0 Å². The summed E-state index contributed by atoms with van der Waals surface area (Å²) in [6.45, 7) is 6.61. The molecule has 0 aliphatic rings. The van der Waals surface area contributed by atoms with Crippen molar-refractivity contribution >= 4 is 17.9 Å². The lowest BCUT2D eigenvalue weighted by Gasteiger charge is -2.18. The molecule has 0 radical (unpaired) electrons. The van der Waals surface area contributed by atoms with Gasteiger partial charge >= 0.3 is 17.9 Å². The predicted molar refractivity (Wildman–Crippen MR) is 247 cm³/mol. The van der Waals surface area contributed by atoms with Crippen LogP contribution >= 0.6 is 0 Å². The molecular formula is C52H98O6. The molecule has 0 spiro atoms. The van der Waals surface area contributed by atoms with Gasteiger partial charge < -0.3 is 14.2 Å². The third-order valence-electron chi connectivity index (χ3n) is 11.5. The van der Waals surface area contributed by atoms with Crippen molar-refractivity contribution in [3.63, 3.8) is 0 Å². The van der Waals surface area contributed by atoms with Crippen LogP contribution in [0.1, 0.15) is 284 Å². The standard InChI is InChI=1S/C52H98O6/c1-4-7-10-13-16-19-21-23-25-26-27-29-30-33-36-39-42-45-51(54)57-48-49(47-56-50(53)44-41-38-35-32-18-15-12-9-6-3)58-52(55)46-43-40-37-34-31-28-24-22-20-17-14-11-8-5-2/h32,35,49H,4-31,33-34,36-48H2,1-3H3/b35-32-. The lowest BCUT2D eigenvalue weighted by molar-refractivity contribution is -0.167. The molecule has 58 heavy (non-hydrogen) atoms. The summed E-state index contributed by atoms with van der Waals surface area (Å²) in [5, 5.41) is 0. The van der Waals surface area contributed by atoms with Crippen LogP contribution in [0.2, 0.25) is 0 Å². The van der Waals surface area contributed by atoms with Crippen molar-refractivity contribution in [2.45, 2.75) is 290 Å². The molecule has 0 heterocycles. The van der Waals surface area contributed by atoms with Crippen molar-refractivity contribution in [1.82, 2.24) is 0 Å². The third kappa shape index (κ3) is 45.2. The monoisotopic (exact) mass is 819 g/mol. The highest BCUT2D eigenvalue weighted by atomic mass is 16.6. The van der Waals surface area contributed by atoms with E-state index in [0.29, 0.717) is 19.3 Å². The highest BCUT2D eigenvalue weighted by Gasteiger charge is 2.19. The lowest BCUT2D eigenvalue weighted by atomic mass is 10.0. The van der Waals surface area contributed by atoms with E-state index in [4.69, 9.17) is 14.2 Å². The maximum absolute atomic E-state index is 12.8. The van der Waals surface area contributed by atoms with E-state index in [0.717, 1.165) is 57.8 Å². The lowest BCUT2D eigenvalue weighted by Crippen LogP contribution is -2.30. The Morgan fingerprint density at radius 1 is 0.328 bits per heavy atom. The Bertz CT molecular complexity index is 900. The molecule has 342 valence electrons. The molecule has 0 saturated heterocycles. The van der Waals surface area contributed by atoms with Gasteiger partial charge in [0.15, 0.2) is 6.10 Å². The van der Waals surface area contributed by atoms with E-state index in [1.807, 2.05) is 0 Å². The second kappa shape index (κ2) is 47.8. The molecule has 1 unspecified atom stereocenters. The summed E-state index contributed by atoms with van der Waals surface area (Å²) in [7, 11) is 0. The zero-order valence-corrected chi connectivity index (χ0v) is 39.1. The van der Waals surface area contributed by atoms with E-state index in [1.54, 1.807) is 0 Å². The molecule has 0 aromatic rings. The van der Waals surface area contributed by atoms with Crippen LogP contribution in [-0.4, -0.2) is 37.2 Å². The number of rotatable bonds is 47. The van der Waals surface area contributed by atoms with Crippen LogP contribution in [0, 0.1) is 0 Å². The summed E-state index contributed by atoms with van der Waals surface area (Å²) in [6.07, 6.45) is 52.1. The smallest absolute Gasteiger partial charge is 0.306 e. The first kappa shape index (κ1) is 56.1. The normalized spacial score (nSPS) is 12.0. The van der Waals surface area contributed by atoms with Gasteiger partial charge in [-0.3, -0.25) is 14.4 Å². The molecule has 0 amide bonds. The number of ether oxygens (including phenoxy) is 3. The number of hydrogen-bond acceptors (Lipinski definition) is 6. The van der Waals surface area contributed by atoms with Crippen LogP contribution in [0.15, 0.2) is 12.2 Å². The Kier molecular flexibility index (Phi) is 46.3. The first-order chi connectivity index (χ1) is 28.5. The summed E-state index contributed by atoms with van der Waals surface area (Å²) in [5.74, 6) is -0.894. The Hall–Kier alpha value is -1.85. The topological polar surface area (TPSA) is 78.9 Å². The van der Waals surface area contributed by atoms with Gasteiger partial charge in [0.05, 0.1) is 0 Å². The van der Waals surface area contributed by atoms with Gasteiger partial charge in [0, 0.05) is 19.3 Å². The molecule has 0 aliphatic heterocycles. The third-order valence-corrected chi connectivity index (χ3v) is 11.5. The quantitative estimate of drug-likeness (QED) is 0.0263. The van der Waals surface area contributed by atoms with Crippen molar-refractivity contribution in [3.8, 4) is 0 Å². The van der Waals surface area contributed by atoms with Gasteiger partial charge in [0.2, 0.25) is 0 Å². The van der Waals surface area contributed by atoms with Gasteiger partial charge in [-0.1, -0.05) is 238 Å². The van der Waals surface area contributed by atoms with Gasteiger partial charge in [-0.2, -0.15) is 0 Å². The van der Waals surface area contributed by atoms with E-state index >= 15 is 0 Å². The van der Waals surface area contributed by atoms with E-state index in [1.165, 1.54) is 186 Å². The van der Waals surface area contributed by atoms with Crippen LogP contribution in [0.25, 0.3) is 0 Å². The predicted octanol–water partition coefficient (Wildman–Crippen LogP) is 16.6. The molecule has 6 nitrogen and oxygen atoms in total. The van der Waals surface area contributed by atoms with Crippen LogP contribution in [0.5, 0.6) is 0 Å². The second-order valence-electron chi connectivity index (χ2n) is 17.4. The zero-order chi connectivity index (χ0) is 42.3. The minimum atomic E-state index is -0.773. The Balaban J connectivity index is 4.27. The number of carbonyl (C=O) groups is 3. The average molecular weight is 819 g/mol. The molecular weight excluding hydrogens is 721 g/mol. The fraction of sp³-hybridized carbons (Fsp3) is 0.904. The highest BCUT2D eigenvalue weighted by molar-refractivity contribution is 5.71. The van der Waals surface area contributed by atoms with Crippen molar-refractivity contribution in [2.75, 3.05) is 13.2 Å². The Labute approximate surface area is 360 Å². The summed E-state index contributed by atoms with van der Waals surface area (Å²) in [6, 6.07) is 0. The molecule has 0 aromatic carbocycles. The number of allylic oxidation sites excluding steroid dienone is 2. The van der Waals surface area contributed by atoms with Gasteiger partial charge in [0.1, 0.15) is 13.2 Å². The molecule has 0 fully saturated rings. The molecule has 6 heteroatoms. The van der Waals surface area contributed by atoms with Crippen molar-refractivity contribution < 1.29 is 28.6 Å². The largest absolute Gasteiger partial charge is 0.462 e. The van der Waals surface area contributed by atoms with E-state index in [-0.39, 0.29) is 31.1 Å². The summed E-state index contributed by atoms with van der Waals surface area (Å²) in [4.78, 5) is 37.8. The van der Waals surface area contributed by atoms with Gasteiger partial charge in [-0.25, -0.2) is 0 Å². The Morgan fingerprint density at radius 2 is 0.586 bits per heavy atom. The zero-order valence-electron chi connectivity index (χ0n) is 39.1. The van der Waals surface area contributed by atoms with Crippen molar-refractivity contribution in [3.05, 3.63) is 12.2 Å². The average Bonchev–Trinajstić information content (AvgIpc) is 3.22. The van der Waals surface area contributed by atoms with Crippen molar-refractivity contribution in [2.24, 2.45) is 0 Å². The molecule has 0 bridgehead atoms. The van der Waals surface area contributed by atoms with Crippen LogP contribution in [0.3, 0.4) is 0 Å². The fourth-order valence-corrected chi connectivity index (χ4v) is 7.62. The minimum Gasteiger partial charge on any atom is -0.462 e. The van der Waals surface area contributed by atoms with E-state index in [9.17, 15) is 14.4 Å². The maximum Gasteiger partial charge on any atom is 0.306 e. The fourth-order valence-electron chi connectivity index (χ4n) is 7.62. The molecule has 0 aromatic heterocycles. The van der Waals surface area contributed by atoms with Crippen LogP contribution < -0.4 is 0 Å². The molecule has 0 saturated carbocycles. The molecule has 0 aliphatic carbocycles. The Morgan fingerprint density at radius 3 is 0.931 bits per heavy atom. The van der Waals surface area contributed by atoms with Gasteiger partial charge in [0.25, 0.3) is 0 Å². The SMILES string of the molecule is CCCCCC/C=C\CCCC(=O)OCC(COC(=O)CCCCCCCCCCCCCCCCCCC)OC(=O)CCCCCCCCCCCCCCCC. The van der Waals surface area contributed by atoms with Gasteiger partial charge in [-0.05, 0) is 38.5 Å². The summed E-state index contributed by atoms with van der Waals surface area (Å²) in [5.41, 5.74) is 0. The number of unbranched alkanes of at least 4 members (excludes halogenated alkanes) is 34. The molecule has 0 rings (SSSR count). The summed E-state index contributed by atoms with van der Waals surface area (Å²) < 4.78 is 16.7. The first-order valence-electron chi connectivity index (χ1n) is 25.7. The van der Waals surface area contributed by atoms with E-state index in [2.05, 4.69) is 32.9 Å². The number of carbonyl (C=O) groups excluding carboxylic acids is 3. The molecule has 0 N–H and O–H groups in total. The van der Waals surface area contributed by atoms with E-state index < -0.39 is 6.10 Å². The van der Waals surface area contributed by atoms with Crippen LogP contribution in [0.4, 0.5) is 0 Å². The van der Waals surface area contributed by atoms with Crippen LogP contribution in [-0.2, 0) is 28.6 Å². The number of hydrogen-bond donors (Lipinski definition) is 0. The summed E-state index contributed by atoms with van der Waals surface area (Å²) >= 11 is 0. The second-order valence-corrected chi connectivity index (χ2v) is 17.4. The minimum absolute atomic E-state index is 0.0731. The first-order valence-corrected chi connectivity index (χ1v) is 25.7.